The average molecular weight is 439 g/mol. The lowest BCUT2D eigenvalue weighted by Gasteiger charge is -2.13. The molecular weight excluding hydrogens is 420 g/mol. The van der Waals surface area contributed by atoms with Crippen molar-refractivity contribution in [1.82, 2.24) is 18.7 Å². The molecule has 8 nitrogen and oxygen atoms in total. The maximum atomic E-state index is 13.4. The van der Waals surface area contributed by atoms with Gasteiger partial charge in [0.2, 0.25) is 0 Å². The highest BCUT2D eigenvalue weighted by atomic mass is 35.5. The minimum Gasteiger partial charge on any atom is -0.465 e. The number of benzene rings is 2. The second kappa shape index (κ2) is 8.61. The third kappa shape index (κ3) is 4.02. The van der Waals surface area contributed by atoms with Crippen molar-refractivity contribution >= 4 is 28.7 Å². The number of aromatic nitrogens is 4. The number of rotatable bonds is 6. The molecule has 0 unspecified atom stereocenters. The summed E-state index contributed by atoms with van der Waals surface area (Å²) in [5.74, 6) is -0.500. The van der Waals surface area contributed by atoms with Crippen LogP contribution in [-0.2, 0) is 22.6 Å². The fourth-order valence-electron chi connectivity index (χ4n) is 3.37. The zero-order valence-corrected chi connectivity index (χ0v) is 17.5. The predicted octanol–water partition coefficient (Wildman–Crippen LogP) is 2.61. The van der Waals surface area contributed by atoms with Gasteiger partial charge >= 0.3 is 11.7 Å². The quantitative estimate of drug-likeness (QED) is 0.432. The summed E-state index contributed by atoms with van der Waals surface area (Å²) in [7, 11) is 0. The Kier molecular flexibility index (Phi) is 5.73. The number of imidazole rings is 1. The van der Waals surface area contributed by atoms with E-state index in [1.807, 2.05) is 30.3 Å². The number of hydrogen-bond acceptors (Lipinski definition) is 5. The Morgan fingerprint density at radius 3 is 2.45 bits per heavy atom. The van der Waals surface area contributed by atoms with Crippen LogP contribution in [0.1, 0.15) is 12.5 Å². The van der Waals surface area contributed by atoms with Crippen LogP contribution in [0.25, 0.3) is 16.9 Å². The van der Waals surface area contributed by atoms with E-state index in [0.29, 0.717) is 10.7 Å². The summed E-state index contributed by atoms with van der Waals surface area (Å²) < 4.78 is 8.89. The smallest absolute Gasteiger partial charge is 0.337 e. The topological polar surface area (TPSA) is 88.1 Å². The third-order valence-electron chi connectivity index (χ3n) is 4.77. The lowest BCUT2D eigenvalue weighted by atomic mass is 10.2. The van der Waals surface area contributed by atoms with Gasteiger partial charge in [-0.15, -0.1) is 0 Å². The number of carbonyl (C=O) groups is 1. The first-order valence-corrected chi connectivity index (χ1v) is 10.0. The van der Waals surface area contributed by atoms with Crippen molar-refractivity contribution in [3.05, 3.63) is 92.3 Å². The van der Waals surface area contributed by atoms with E-state index in [0.717, 1.165) is 10.1 Å². The number of hydrogen-bond donors (Lipinski definition) is 0. The van der Waals surface area contributed by atoms with Crippen molar-refractivity contribution in [3.8, 4) is 5.69 Å². The molecule has 0 bridgehead atoms. The Morgan fingerprint density at radius 1 is 1.06 bits per heavy atom. The van der Waals surface area contributed by atoms with E-state index in [1.54, 1.807) is 31.2 Å². The van der Waals surface area contributed by atoms with E-state index in [9.17, 15) is 14.4 Å². The van der Waals surface area contributed by atoms with Crippen molar-refractivity contribution < 1.29 is 9.53 Å². The molecule has 2 aromatic heterocycles. The highest BCUT2D eigenvalue weighted by molar-refractivity contribution is 6.30. The van der Waals surface area contributed by atoms with Gasteiger partial charge in [0.05, 0.1) is 25.2 Å². The molecule has 0 aliphatic heterocycles. The van der Waals surface area contributed by atoms with E-state index >= 15 is 0 Å². The molecule has 4 rings (SSSR count). The van der Waals surface area contributed by atoms with Gasteiger partial charge in [-0.05, 0) is 36.8 Å². The SMILES string of the molecule is CCOC(=O)Cn1cnc2c1c(=O)n(Cc1ccccc1)c(=O)n2-c1ccc(Cl)cc1. The van der Waals surface area contributed by atoms with Crippen LogP contribution >= 0.6 is 11.6 Å². The van der Waals surface area contributed by atoms with Crippen molar-refractivity contribution in [1.29, 1.82) is 0 Å². The summed E-state index contributed by atoms with van der Waals surface area (Å²) in [6.45, 7) is 1.81. The van der Waals surface area contributed by atoms with Crippen LogP contribution in [0.5, 0.6) is 0 Å². The summed E-state index contributed by atoms with van der Waals surface area (Å²) in [5.41, 5.74) is 0.521. The van der Waals surface area contributed by atoms with E-state index < -0.39 is 17.2 Å². The van der Waals surface area contributed by atoms with Crippen LogP contribution in [0, 0.1) is 0 Å². The van der Waals surface area contributed by atoms with Crippen molar-refractivity contribution in [2.45, 2.75) is 20.0 Å². The molecule has 4 aromatic rings. The Hall–Kier alpha value is -3.65. The van der Waals surface area contributed by atoms with Gasteiger partial charge in [-0.25, -0.2) is 14.3 Å². The molecule has 2 aromatic carbocycles. The largest absolute Gasteiger partial charge is 0.465 e. The van der Waals surface area contributed by atoms with E-state index in [1.165, 1.54) is 15.5 Å². The van der Waals surface area contributed by atoms with Gasteiger partial charge in [0.25, 0.3) is 5.56 Å². The second-order valence-electron chi connectivity index (χ2n) is 6.82. The van der Waals surface area contributed by atoms with Crippen molar-refractivity contribution in [2.75, 3.05) is 6.61 Å². The first kappa shape index (κ1) is 20.6. The van der Waals surface area contributed by atoms with Gasteiger partial charge in [0.1, 0.15) is 6.54 Å². The molecule has 9 heteroatoms. The molecule has 0 atom stereocenters. The number of ether oxygens (including phenoxy) is 1. The monoisotopic (exact) mass is 438 g/mol. The van der Waals surface area contributed by atoms with Crippen LogP contribution in [0.4, 0.5) is 0 Å². The summed E-state index contributed by atoms with van der Waals surface area (Å²) >= 11 is 6.00. The second-order valence-corrected chi connectivity index (χ2v) is 7.26. The fourth-order valence-corrected chi connectivity index (χ4v) is 3.50. The standard InChI is InChI=1S/C22H19ClN4O4/c1-2-31-18(28)13-25-14-24-20-19(25)21(29)26(12-15-6-4-3-5-7-15)22(30)27(20)17-10-8-16(23)9-11-17/h3-11,14H,2,12-13H2,1H3. The molecule has 158 valence electrons. The Labute approximate surface area is 181 Å². The van der Waals surface area contributed by atoms with Crippen LogP contribution in [0.2, 0.25) is 5.02 Å². The molecule has 0 spiro atoms. The van der Waals surface area contributed by atoms with Gasteiger partial charge in [0.15, 0.2) is 11.2 Å². The van der Waals surface area contributed by atoms with Gasteiger partial charge < -0.3 is 9.30 Å². The highest BCUT2D eigenvalue weighted by Crippen LogP contribution is 2.16. The number of halogens is 1. The third-order valence-corrected chi connectivity index (χ3v) is 5.03. The lowest BCUT2D eigenvalue weighted by Crippen LogP contribution is -2.40. The zero-order valence-electron chi connectivity index (χ0n) is 16.7. The summed E-state index contributed by atoms with van der Waals surface area (Å²) in [5, 5.41) is 0.512. The number of esters is 1. The molecule has 31 heavy (non-hydrogen) atoms. The van der Waals surface area contributed by atoms with Gasteiger partial charge in [-0.3, -0.25) is 14.2 Å². The highest BCUT2D eigenvalue weighted by Gasteiger charge is 2.20. The molecule has 0 saturated heterocycles. The predicted molar refractivity (Wildman–Crippen MR) is 117 cm³/mol. The van der Waals surface area contributed by atoms with Crippen LogP contribution < -0.4 is 11.2 Å². The molecule has 0 radical (unpaired) electrons. The first-order chi connectivity index (χ1) is 15.0. The van der Waals surface area contributed by atoms with E-state index in [-0.39, 0.29) is 30.9 Å². The van der Waals surface area contributed by atoms with Gasteiger partial charge in [-0.2, -0.15) is 0 Å². The van der Waals surface area contributed by atoms with Crippen molar-refractivity contribution in [3.63, 3.8) is 0 Å². The zero-order chi connectivity index (χ0) is 22.0. The van der Waals surface area contributed by atoms with Gasteiger partial charge in [-0.1, -0.05) is 41.9 Å². The lowest BCUT2D eigenvalue weighted by molar-refractivity contribution is -0.143. The molecule has 0 amide bonds. The first-order valence-electron chi connectivity index (χ1n) is 9.65. The van der Waals surface area contributed by atoms with E-state index in [2.05, 4.69) is 4.98 Å². The minimum atomic E-state index is -0.537. The van der Waals surface area contributed by atoms with Crippen LogP contribution in [0.15, 0.2) is 70.5 Å². The Balaban J connectivity index is 1.97. The fraction of sp³-hybridized carbons (Fsp3) is 0.182. The summed E-state index contributed by atoms with van der Waals surface area (Å²) in [6.07, 6.45) is 1.36. The van der Waals surface area contributed by atoms with Crippen LogP contribution in [-0.4, -0.2) is 31.3 Å². The molecule has 0 fully saturated rings. The molecule has 0 aliphatic rings. The number of fused-ring (bicyclic) bond motifs is 1. The number of nitrogens with zero attached hydrogens (tertiary/aromatic N) is 4. The molecule has 0 aliphatic carbocycles. The number of carbonyl (C=O) groups excluding carboxylic acids is 1. The summed E-state index contributed by atoms with van der Waals surface area (Å²) in [4.78, 5) is 43.0. The maximum Gasteiger partial charge on any atom is 0.337 e. The molecule has 0 saturated carbocycles. The minimum absolute atomic E-state index is 0.0760. The normalized spacial score (nSPS) is 11.0. The Bertz CT molecular complexity index is 1350. The summed E-state index contributed by atoms with van der Waals surface area (Å²) in [6, 6.07) is 15.8. The van der Waals surface area contributed by atoms with E-state index in [4.69, 9.17) is 16.3 Å². The average Bonchev–Trinajstić information content (AvgIpc) is 3.16. The van der Waals surface area contributed by atoms with Crippen molar-refractivity contribution in [2.24, 2.45) is 0 Å². The Morgan fingerprint density at radius 2 is 1.77 bits per heavy atom. The van der Waals surface area contributed by atoms with Gasteiger partial charge in [0, 0.05) is 5.02 Å². The molecular formula is C22H19ClN4O4. The van der Waals surface area contributed by atoms with Crippen LogP contribution in [0.3, 0.4) is 0 Å². The molecule has 2 heterocycles. The molecule has 0 N–H and O–H groups in total. The maximum absolute atomic E-state index is 13.4.